The van der Waals surface area contributed by atoms with Gasteiger partial charge in [-0.3, -0.25) is 4.90 Å². The van der Waals surface area contributed by atoms with Gasteiger partial charge in [0, 0.05) is 31.1 Å². The van der Waals surface area contributed by atoms with Gasteiger partial charge in [-0.05, 0) is 59.0 Å². The fourth-order valence-electron chi connectivity index (χ4n) is 6.90. The zero-order chi connectivity index (χ0) is 31.3. The number of ether oxygens (including phenoxy) is 1. The number of rotatable bonds is 7. The van der Waals surface area contributed by atoms with Gasteiger partial charge >= 0.3 is 12.4 Å². The van der Waals surface area contributed by atoms with Gasteiger partial charge in [0.25, 0.3) is 0 Å². The Morgan fingerprint density at radius 2 is 1.52 bits per heavy atom. The predicted octanol–water partition coefficient (Wildman–Crippen LogP) is 7.35. The van der Waals surface area contributed by atoms with Gasteiger partial charge in [0.05, 0.1) is 16.7 Å². The van der Waals surface area contributed by atoms with Gasteiger partial charge in [0.2, 0.25) is 0 Å². The van der Waals surface area contributed by atoms with Crippen molar-refractivity contribution in [2.45, 2.75) is 61.8 Å². The average molecular weight is 614 g/mol. The van der Waals surface area contributed by atoms with Crippen LogP contribution in [-0.2, 0) is 36.2 Å². The van der Waals surface area contributed by atoms with E-state index in [1.165, 1.54) is 0 Å². The molecule has 2 fully saturated rings. The fraction of sp³-hybridized carbons (Fsp3) is 0.344. The molecule has 230 valence electrons. The number of halogens is 6. The summed E-state index contributed by atoms with van der Waals surface area (Å²) in [5.41, 5.74) is -2.09. The lowest BCUT2D eigenvalue weighted by atomic mass is 9.78. The number of piperidine rings is 1. The lowest BCUT2D eigenvalue weighted by Gasteiger charge is -2.50. The van der Waals surface area contributed by atoms with Crippen molar-refractivity contribution < 1.29 is 31.1 Å². The van der Waals surface area contributed by atoms with E-state index >= 15 is 0 Å². The fourth-order valence-corrected chi connectivity index (χ4v) is 6.90. The van der Waals surface area contributed by atoms with Crippen molar-refractivity contribution in [2.75, 3.05) is 0 Å². The Morgan fingerprint density at radius 1 is 0.909 bits per heavy atom. The highest BCUT2D eigenvalue weighted by molar-refractivity contribution is 5.60. The Labute approximate surface area is 249 Å². The molecule has 2 saturated heterocycles. The van der Waals surface area contributed by atoms with Crippen LogP contribution in [0.25, 0.3) is 5.76 Å². The second-order valence-electron chi connectivity index (χ2n) is 11.3. The van der Waals surface area contributed by atoms with Crippen molar-refractivity contribution >= 4 is 5.76 Å². The van der Waals surface area contributed by atoms with Crippen LogP contribution in [0.4, 0.5) is 26.3 Å². The molecule has 0 unspecified atom stereocenters. The van der Waals surface area contributed by atoms with Crippen LogP contribution in [-0.4, -0.2) is 37.3 Å². The maximum atomic E-state index is 13.7. The molecule has 4 atom stereocenters. The molecule has 0 N–H and O–H groups in total. The van der Waals surface area contributed by atoms with E-state index in [0.717, 1.165) is 11.1 Å². The number of tetrazole rings is 1. The van der Waals surface area contributed by atoms with Crippen molar-refractivity contribution in [3.8, 4) is 0 Å². The van der Waals surface area contributed by atoms with Gasteiger partial charge in [-0.25, -0.2) is 4.68 Å². The molecule has 44 heavy (non-hydrogen) atoms. The highest BCUT2D eigenvalue weighted by Gasteiger charge is 2.61. The van der Waals surface area contributed by atoms with Gasteiger partial charge < -0.3 is 4.74 Å². The summed E-state index contributed by atoms with van der Waals surface area (Å²) >= 11 is 0. The van der Waals surface area contributed by atoms with Crippen LogP contribution < -0.4 is 0 Å². The van der Waals surface area contributed by atoms with Crippen LogP contribution >= 0.6 is 0 Å². The smallest absolute Gasteiger partial charge is 0.416 e. The number of fused-ring (bicyclic) bond motifs is 2. The molecule has 3 heterocycles. The zero-order valence-electron chi connectivity index (χ0n) is 23.7. The van der Waals surface area contributed by atoms with Crippen molar-refractivity contribution in [1.82, 2.24) is 25.1 Å². The quantitative estimate of drug-likeness (QED) is 0.161. The van der Waals surface area contributed by atoms with E-state index in [-0.39, 0.29) is 29.3 Å². The Bertz CT molecular complexity index is 1610. The summed E-state index contributed by atoms with van der Waals surface area (Å²) in [4.78, 5) is 2.34. The van der Waals surface area contributed by atoms with Crippen LogP contribution in [0.2, 0.25) is 0 Å². The van der Waals surface area contributed by atoms with Crippen molar-refractivity contribution in [3.05, 3.63) is 119 Å². The molecule has 0 aliphatic carbocycles. The summed E-state index contributed by atoms with van der Waals surface area (Å²) in [5.74, 6) is 0.313. The summed E-state index contributed by atoms with van der Waals surface area (Å²) < 4.78 is 90.1. The van der Waals surface area contributed by atoms with E-state index in [9.17, 15) is 26.3 Å². The summed E-state index contributed by atoms with van der Waals surface area (Å²) in [5, 5.41) is 12.2. The minimum absolute atomic E-state index is 0.0152. The number of nitrogens with zero attached hydrogens (tertiary/aromatic N) is 5. The van der Waals surface area contributed by atoms with Crippen LogP contribution in [0, 0.1) is 0 Å². The maximum Gasteiger partial charge on any atom is 0.416 e. The van der Waals surface area contributed by atoms with E-state index in [1.807, 2.05) is 60.7 Å². The topological polar surface area (TPSA) is 56.1 Å². The van der Waals surface area contributed by atoms with Crippen LogP contribution in [0.1, 0.15) is 58.8 Å². The van der Waals surface area contributed by atoms with Crippen LogP contribution in [0.3, 0.4) is 0 Å². The van der Waals surface area contributed by atoms with Crippen molar-refractivity contribution in [3.63, 3.8) is 0 Å². The first-order valence-electron chi connectivity index (χ1n) is 14.1. The van der Waals surface area contributed by atoms with Gasteiger partial charge in [-0.2, -0.15) is 26.3 Å². The second kappa shape index (κ2) is 11.1. The van der Waals surface area contributed by atoms with Gasteiger partial charge in [-0.1, -0.05) is 67.2 Å². The minimum Gasteiger partial charge on any atom is -0.488 e. The molecule has 1 aromatic heterocycles. The minimum atomic E-state index is -4.99. The summed E-state index contributed by atoms with van der Waals surface area (Å²) in [7, 11) is 1.77. The average Bonchev–Trinajstić information content (AvgIpc) is 3.51. The molecule has 6 rings (SSSR count). The van der Waals surface area contributed by atoms with Gasteiger partial charge in [0.15, 0.2) is 5.82 Å². The second-order valence-corrected chi connectivity index (χ2v) is 11.3. The monoisotopic (exact) mass is 613 g/mol. The number of hydrogen-bond donors (Lipinski definition) is 0. The number of aryl methyl sites for hydroxylation is 1. The predicted molar refractivity (Wildman–Crippen MR) is 150 cm³/mol. The number of benzene rings is 3. The lowest BCUT2D eigenvalue weighted by Crippen LogP contribution is -2.56. The number of hydrogen-bond acceptors (Lipinski definition) is 5. The third kappa shape index (κ3) is 5.36. The molecule has 0 saturated carbocycles. The van der Waals surface area contributed by atoms with Crippen LogP contribution in [0.15, 0.2) is 85.4 Å². The largest absolute Gasteiger partial charge is 0.488 e. The molecule has 0 spiro atoms. The highest BCUT2D eigenvalue weighted by atomic mass is 19.4. The van der Waals surface area contributed by atoms with E-state index in [1.54, 1.807) is 11.7 Å². The Kier molecular flexibility index (Phi) is 7.51. The van der Waals surface area contributed by atoms with Gasteiger partial charge in [0.1, 0.15) is 11.9 Å². The number of alkyl halides is 6. The summed E-state index contributed by atoms with van der Waals surface area (Å²) in [6, 6.07) is 20.9. The molecular weight excluding hydrogens is 584 g/mol. The number of aromatic nitrogens is 4. The third-order valence-corrected chi connectivity index (χ3v) is 8.81. The molecule has 0 radical (unpaired) electrons. The maximum absolute atomic E-state index is 13.7. The van der Waals surface area contributed by atoms with Crippen molar-refractivity contribution in [2.24, 2.45) is 7.05 Å². The molecule has 0 amide bonds. The zero-order valence-corrected chi connectivity index (χ0v) is 23.7. The Hall–Kier alpha value is -4.19. The first kappa shape index (κ1) is 29.9. The lowest BCUT2D eigenvalue weighted by molar-refractivity contribution is -0.143. The van der Waals surface area contributed by atoms with E-state index in [0.29, 0.717) is 43.8 Å². The Balaban J connectivity index is 1.45. The molecule has 2 bridgehead atoms. The van der Waals surface area contributed by atoms with E-state index in [2.05, 4.69) is 27.0 Å². The Morgan fingerprint density at radius 3 is 2.09 bits per heavy atom. The normalized spacial score (nSPS) is 23.9. The molecular formula is C32H29F6N5O. The molecule has 3 aromatic carbocycles. The molecule has 4 aromatic rings. The standard InChI is InChI=1S/C32H29F6N5O/c1-20(22-15-24(31(33,34)35)17-25(16-22)32(36,37)38)44-28-14-13-27-26(29-39-40-41-42(29)2)18-30(28,23-11-7-4-8-12-23)43(27)19-21-9-5-3-6-10-21/h3-12,15-17,26-28H,1,13-14,18-19H2,2H3/t26-,27+,28-,30-/m1/s1. The van der Waals surface area contributed by atoms with Crippen LogP contribution in [0.5, 0.6) is 0 Å². The SMILES string of the molecule is C=C(O[C@@H]1CC[C@H]2[C@H](c3nnnn3C)C[C@]1(c1ccccc1)N2Cc1ccccc1)c1cc(C(F)(F)F)cc(C(F)(F)F)c1. The van der Waals surface area contributed by atoms with E-state index in [4.69, 9.17) is 4.74 Å². The first-order valence-corrected chi connectivity index (χ1v) is 14.1. The molecule has 12 heteroatoms. The molecule has 2 aliphatic rings. The summed E-state index contributed by atoms with van der Waals surface area (Å²) in [6.07, 6.45) is -9.02. The van der Waals surface area contributed by atoms with Gasteiger partial charge in [-0.15, -0.1) is 5.10 Å². The summed E-state index contributed by atoms with van der Waals surface area (Å²) in [6.45, 7) is 4.38. The van der Waals surface area contributed by atoms with E-state index < -0.39 is 35.1 Å². The van der Waals surface area contributed by atoms with Crippen molar-refractivity contribution in [1.29, 1.82) is 0 Å². The third-order valence-electron chi connectivity index (χ3n) is 8.81. The molecule has 2 aliphatic heterocycles. The first-order chi connectivity index (χ1) is 20.9. The molecule has 6 nitrogen and oxygen atoms in total. The highest BCUT2D eigenvalue weighted by Crippen LogP contribution is 2.58.